The molecule has 0 saturated carbocycles. The van der Waals surface area contributed by atoms with Crippen LogP contribution in [0.3, 0.4) is 0 Å². The number of fused-ring (bicyclic) bond motifs is 1. The maximum Gasteiger partial charge on any atom is 0.252 e. The Morgan fingerprint density at radius 3 is 2.56 bits per heavy atom. The van der Waals surface area contributed by atoms with Gasteiger partial charge in [-0.2, -0.15) is 0 Å². The highest BCUT2D eigenvalue weighted by Crippen LogP contribution is 2.29. The molecule has 1 atom stereocenters. The lowest BCUT2D eigenvalue weighted by Gasteiger charge is -2.30. The smallest absolute Gasteiger partial charge is 0.252 e. The lowest BCUT2D eigenvalue weighted by molar-refractivity contribution is 0.144. The third-order valence-electron chi connectivity index (χ3n) is 6.45. The fourth-order valence-electron chi connectivity index (χ4n) is 4.79. The number of aryl methyl sites for hydroxylation is 2. The fraction of sp³-hybridized carbons (Fsp3) is 0.333. The first-order valence-corrected chi connectivity index (χ1v) is 12.2. The van der Waals surface area contributed by atoms with Crippen LogP contribution in [0.5, 0.6) is 0 Å². The van der Waals surface area contributed by atoms with Crippen LogP contribution < -0.4 is 5.56 Å². The molecule has 0 saturated heterocycles. The number of hydrogen-bond acceptors (Lipinski definition) is 7. The van der Waals surface area contributed by atoms with E-state index in [1.807, 2.05) is 43.3 Å². The molecule has 5 aromatic rings. The van der Waals surface area contributed by atoms with Crippen molar-refractivity contribution in [3.63, 3.8) is 0 Å². The molecule has 0 aliphatic rings. The maximum absolute atomic E-state index is 13.2. The van der Waals surface area contributed by atoms with Gasteiger partial charge >= 0.3 is 0 Å². The number of hydrogen-bond donors (Lipinski definition) is 1. The lowest BCUT2D eigenvalue weighted by Crippen LogP contribution is -2.32. The van der Waals surface area contributed by atoms with Crippen molar-refractivity contribution < 1.29 is 8.83 Å². The van der Waals surface area contributed by atoms with Gasteiger partial charge in [0.1, 0.15) is 18.1 Å². The van der Waals surface area contributed by atoms with Crippen molar-refractivity contribution in [3.05, 3.63) is 99.4 Å². The van der Waals surface area contributed by atoms with Crippen LogP contribution >= 0.6 is 0 Å². The summed E-state index contributed by atoms with van der Waals surface area (Å²) in [5.41, 5.74) is 3.70. The molecule has 0 bridgehead atoms. The lowest BCUT2D eigenvalue weighted by atomic mass is 10.0. The van der Waals surface area contributed by atoms with Crippen LogP contribution in [0.25, 0.3) is 10.9 Å². The van der Waals surface area contributed by atoms with E-state index in [9.17, 15) is 4.79 Å². The highest BCUT2D eigenvalue weighted by Gasteiger charge is 2.28. The standard InChI is InChI=1S/C27H30N6O3/c1-4-7-25(26-29-30-31-33(26)17-22-9-6-11-36-22)32(16-21-8-5-10-35-21)15-20-14-23-19(3)12-18(2)13-24(23)28-27(20)34/h5-6,8-14,25H,4,7,15-17H2,1-3H3,(H,28,34). The van der Waals surface area contributed by atoms with Gasteiger partial charge in [0.2, 0.25) is 0 Å². The third-order valence-corrected chi connectivity index (χ3v) is 6.45. The van der Waals surface area contributed by atoms with Crippen molar-refractivity contribution in [1.82, 2.24) is 30.1 Å². The van der Waals surface area contributed by atoms with E-state index in [4.69, 9.17) is 8.83 Å². The predicted molar refractivity (Wildman–Crippen MR) is 135 cm³/mol. The highest BCUT2D eigenvalue weighted by atomic mass is 16.3. The van der Waals surface area contributed by atoms with Crippen LogP contribution in [0, 0.1) is 13.8 Å². The van der Waals surface area contributed by atoms with E-state index in [1.54, 1.807) is 17.2 Å². The molecule has 0 aliphatic heterocycles. The summed E-state index contributed by atoms with van der Waals surface area (Å²) in [4.78, 5) is 18.5. The molecular weight excluding hydrogens is 456 g/mol. The molecule has 1 aromatic carbocycles. The summed E-state index contributed by atoms with van der Waals surface area (Å²) in [7, 11) is 0. The van der Waals surface area contributed by atoms with Crippen molar-refractivity contribution in [2.75, 3.05) is 0 Å². The van der Waals surface area contributed by atoms with Gasteiger partial charge < -0.3 is 13.8 Å². The Morgan fingerprint density at radius 2 is 1.83 bits per heavy atom. The van der Waals surface area contributed by atoms with Crippen LogP contribution in [0.15, 0.2) is 68.6 Å². The van der Waals surface area contributed by atoms with E-state index < -0.39 is 0 Å². The van der Waals surface area contributed by atoms with Gasteiger partial charge in [0, 0.05) is 23.0 Å². The van der Waals surface area contributed by atoms with E-state index in [2.05, 4.69) is 45.3 Å². The summed E-state index contributed by atoms with van der Waals surface area (Å²) >= 11 is 0. The van der Waals surface area contributed by atoms with Gasteiger partial charge in [-0.15, -0.1) is 5.10 Å². The molecule has 9 nitrogen and oxygen atoms in total. The molecule has 1 unspecified atom stereocenters. The Hall–Kier alpha value is -3.98. The summed E-state index contributed by atoms with van der Waals surface area (Å²) in [5.74, 6) is 2.31. The van der Waals surface area contributed by atoms with Gasteiger partial charge in [-0.25, -0.2) is 4.68 Å². The van der Waals surface area contributed by atoms with Crippen LogP contribution in [-0.4, -0.2) is 30.1 Å². The molecule has 0 radical (unpaired) electrons. The highest BCUT2D eigenvalue weighted by molar-refractivity contribution is 5.83. The Morgan fingerprint density at radius 1 is 1.06 bits per heavy atom. The van der Waals surface area contributed by atoms with Crippen LogP contribution in [0.2, 0.25) is 0 Å². The Balaban J connectivity index is 1.54. The summed E-state index contributed by atoms with van der Waals surface area (Å²) in [6, 6.07) is 13.6. The van der Waals surface area contributed by atoms with Crippen LogP contribution in [0.4, 0.5) is 0 Å². The first-order chi connectivity index (χ1) is 17.5. The molecular formula is C27H30N6O3. The van der Waals surface area contributed by atoms with Gasteiger partial charge in [-0.05, 0) is 78.2 Å². The van der Waals surface area contributed by atoms with E-state index >= 15 is 0 Å². The average molecular weight is 487 g/mol. The largest absolute Gasteiger partial charge is 0.468 e. The van der Waals surface area contributed by atoms with Gasteiger partial charge in [0.05, 0.1) is 25.1 Å². The number of H-pyrrole nitrogens is 1. The number of benzene rings is 1. The average Bonchev–Trinajstić information content (AvgIpc) is 3.62. The van der Waals surface area contributed by atoms with E-state index in [0.717, 1.165) is 52.2 Å². The van der Waals surface area contributed by atoms with Crippen molar-refractivity contribution in [2.45, 2.75) is 59.3 Å². The van der Waals surface area contributed by atoms with Crippen molar-refractivity contribution in [1.29, 1.82) is 0 Å². The molecule has 1 N–H and O–H groups in total. The first-order valence-electron chi connectivity index (χ1n) is 12.2. The van der Waals surface area contributed by atoms with Crippen LogP contribution in [-0.2, 0) is 19.6 Å². The number of pyridine rings is 1. The topological polar surface area (TPSA) is 106 Å². The van der Waals surface area contributed by atoms with Crippen LogP contribution in [0.1, 0.15) is 59.8 Å². The molecule has 4 aromatic heterocycles. The fourth-order valence-corrected chi connectivity index (χ4v) is 4.79. The number of furan rings is 2. The molecule has 9 heteroatoms. The molecule has 186 valence electrons. The summed E-state index contributed by atoms with van der Waals surface area (Å²) < 4.78 is 13.0. The molecule has 0 amide bonds. The molecule has 36 heavy (non-hydrogen) atoms. The predicted octanol–water partition coefficient (Wildman–Crippen LogP) is 4.91. The SMILES string of the molecule is CCCC(c1nnnn1Cc1ccco1)N(Cc1ccco1)Cc1cc2c(C)cc(C)cc2[nH]c1=O. The van der Waals surface area contributed by atoms with Gasteiger partial charge in [0.25, 0.3) is 5.56 Å². The number of nitrogens with one attached hydrogen (secondary N) is 1. The number of aromatic nitrogens is 5. The summed E-state index contributed by atoms with van der Waals surface area (Å²) in [6.45, 7) is 7.59. The second kappa shape index (κ2) is 10.3. The third kappa shape index (κ3) is 5.01. The minimum absolute atomic E-state index is 0.0950. The van der Waals surface area contributed by atoms with E-state index in [-0.39, 0.29) is 11.6 Å². The number of rotatable bonds is 10. The zero-order valence-corrected chi connectivity index (χ0v) is 20.8. The Bertz CT molecular complexity index is 1480. The van der Waals surface area contributed by atoms with Gasteiger partial charge in [-0.3, -0.25) is 9.69 Å². The number of aromatic amines is 1. The second-order valence-electron chi connectivity index (χ2n) is 9.23. The number of nitrogens with zero attached hydrogens (tertiary/aromatic N) is 5. The number of tetrazole rings is 1. The maximum atomic E-state index is 13.2. The molecule has 5 rings (SSSR count). The molecule has 0 aliphatic carbocycles. The minimum atomic E-state index is -0.140. The van der Waals surface area contributed by atoms with E-state index in [1.165, 1.54) is 0 Å². The normalized spacial score (nSPS) is 12.6. The zero-order valence-electron chi connectivity index (χ0n) is 20.8. The van der Waals surface area contributed by atoms with Crippen molar-refractivity contribution in [2.24, 2.45) is 0 Å². The Kier molecular flexibility index (Phi) is 6.81. The van der Waals surface area contributed by atoms with Gasteiger partial charge in [0.15, 0.2) is 5.82 Å². The van der Waals surface area contributed by atoms with Crippen molar-refractivity contribution in [3.8, 4) is 0 Å². The van der Waals surface area contributed by atoms with Gasteiger partial charge in [-0.1, -0.05) is 19.4 Å². The second-order valence-corrected chi connectivity index (χ2v) is 9.23. The minimum Gasteiger partial charge on any atom is -0.468 e. The summed E-state index contributed by atoms with van der Waals surface area (Å²) in [5, 5.41) is 13.7. The molecule has 0 spiro atoms. The summed E-state index contributed by atoms with van der Waals surface area (Å²) in [6.07, 6.45) is 5.03. The van der Waals surface area contributed by atoms with Crippen molar-refractivity contribution >= 4 is 10.9 Å². The zero-order chi connectivity index (χ0) is 25.1. The first kappa shape index (κ1) is 23.7. The molecule has 4 heterocycles. The molecule has 0 fully saturated rings. The monoisotopic (exact) mass is 486 g/mol. The van der Waals surface area contributed by atoms with E-state index in [0.29, 0.717) is 25.2 Å². The Labute approximate surface area is 208 Å². The quantitative estimate of drug-likeness (QED) is 0.299.